The van der Waals surface area contributed by atoms with Crippen LogP contribution in [0.3, 0.4) is 0 Å². The fourth-order valence-electron chi connectivity index (χ4n) is 2.85. The Morgan fingerprint density at radius 2 is 2.13 bits per heavy atom. The van der Waals surface area contributed by atoms with Crippen molar-refractivity contribution >= 4 is 32.5 Å². The smallest absolute Gasteiger partial charge is 0.328 e. The van der Waals surface area contributed by atoms with E-state index in [0.29, 0.717) is 17.3 Å². The molecule has 9 heteroatoms. The zero-order valence-electron chi connectivity index (χ0n) is 12.1. The molecule has 0 aliphatic carbocycles. The van der Waals surface area contributed by atoms with E-state index in [1.807, 2.05) is 0 Å². The lowest BCUT2D eigenvalue weighted by Gasteiger charge is -2.11. The van der Waals surface area contributed by atoms with Crippen LogP contribution in [0.5, 0.6) is 5.88 Å². The van der Waals surface area contributed by atoms with E-state index in [1.54, 1.807) is 24.3 Å². The minimum atomic E-state index is -3.01. The van der Waals surface area contributed by atoms with Crippen LogP contribution in [0.2, 0.25) is 0 Å². The average molecular weight is 337 g/mol. The molecule has 1 atom stereocenters. The number of hydrogen-bond acceptors (Lipinski definition) is 6. The first-order chi connectivity index (χ1) is 10.9. The molecule has 0 bridgehead atoms. The number of para-hydroxylation sites is 1. The summed E-state index contributed by atoms with van der Waals surface area (Å²) in [7, 11) is -3.01. The number of benzene rings is 1. The molecule has 1 aliphatic rings. The maximum absolute atomic E-state index is 12.3. The Balaban J connectivity index is 1.84. The van der Waals surface area contributed by atoms with Crippen molar-refractivity contribution in [3.63, 3.8) is 0 Å². The van der Waals surface area contributed by atoms with Crippen LogP contribution in [0.25, 0.3) is 10.9 Å². The second-order valence-corrected chi connectivity index (χ2v) is 7.80. The van der Waals surface area contributed by atoms with Crippen molar-refractivity contribution in [1.29, 1.82) is 0 Å². The summed E-state index contributed by atoms with van der Waals surface area (Å²) < 4.78 is 23.8. The van der Waals surface area contributed by atoms with Crippen LogP contribution in [-0.4, -0.2) is 42.2 Å². The normalized spacial score (nSPS) is 19.7. The van der Waals surface area contributed by atoms with Gasteiger partial charge in [0.25, 0.3) is 0 Å². The van der Waals surface area contributed by atoms with E-state index in [0.717, 1.165) is 4.57 Å². The molecule has 122 valence electrons. The van der Waals surface area contributed by atoms with Gasteiger partial charge in [0, 0.05) is 11.9 Å². The van der Waals surface area contributed by atoms with E-state index in [4.69, 9.17) is 0 Å². The summed E-state index contributed by atoms with van der Waals surface area (Å²) >= 11 is 0. The highest BCUT2D eigenvalue weighted by Gasteiger charge is 2.29. The van der Waals surface area contributed by atoms with Crippen molar-refractivity contribution in [1.82, 2.24) is 9.88 Å². The molecule has 2 N–H and O–H groups in total. The molecule has 1 aromatic heterocycles. The molecule has 8 nitrogen and oxygen atoms in total. The Labute approximate surface area is 132 Å². The van der Waals surface area contributed by atoms with Crippen LogP contribution in [0.4, 0.5) is 10.5 Å². The summed E-state index contributed by atoms with van der Waals surface area (Å²) in [5.74, 6) is -0.494. The number of amides is 1. The minimum Gasteiger partial charge on any atom is -0.492 e. The molecule has 23 heavy (non-hydrogen) atoms. The maximum Gasteiger partial charge on any atom is 0.328 e. The van der Waals surface area contributed by atoms with E-state index in [1.165, 1.54) is 0 Å². The number of aromatic hydroxyl groups is 1. The highest BCUT2D eigenvalue weighted by molar-refractivity contribution is 7.91. The summed E-state index contributed by atoms with van der Waals surface area (Å²) in [6.45, 7) is 0.188. The number of nitrogens with one attached hydrogen (secondary N) is 1. The first-order valence-corrected chi connectivity index (χ1v) is 8.89. The maximum atomic E-state index is 12.3. The van der Waals surface area contributed by atoms with Gasteiger partial charge in [-0.15, -0.1) is 4.91 Å². The fraction of sp³-hybridized carbons (Fsp3) is 0.357. The van der Waals surface area contributed by atoms with E-state index in [-0.39, 0.29) is 29.7 Å². The third-order valence-corrected chi connectivity index (χ3v) is 5.82. The predicted molar refractivity (Wildman–Crippen MR) is 84.6 cm³/mol. The number of carbonyl (C=O) groups excluding carboxylic acids is 1. The Bertz CT molecular complexity index is 887. The lowest BCUT2D eigenvalue weighted by Crippen LogP contribution is -2.33. The standard InChI is InChI=1S/C14H15N3O5S/c18-13-12(16-20)10-3-1-2-4-11(10)17(13)14(19)15-7-9-5-6-23(21,22)8-9/h1-4,9,18H,5-8H2,(H,15,19). The quantitative estimate of drug-likeness (QED) is 0.827. The Kier molecular flexibility index (Phi) is 3.80. The lowest BCUT2D eigenvalue weighted by atomic mass is 10.1. The molecule has 2 heterocycles. The van der Waals surface area contributed by atoms with Crippen molar-refractivity contribution in [2.45, 2.75) is 6.42 Å². The van der Waals surface area contributed by atoms with E-state index < -0.39 is 21.7 Å². The highest BCUT2D eigenvalue weighted by Crippen LogP contribution is 2.38. The third-order valence-electron chi connectivity index (χ3n) is 3.99. The monoisotopic (exact) mass is 337 g/mol. The van der Waals surface area contributed by atoms with Gasteiger partial charge in [0.05, 0.1) is 17.0 Å². The van der Waals surface area contributed by atoms with Gasteiger partial charge in [-0.2, -0.15) is 0 Å². The number of rotatable bonds is 3. The predicted octanol–water partition coefficient (Wildman–Crippen LogP) is 1.74. The van der Waals surface area contributed by atoms with Gasteiger partial charge in [-0.3, -0.25) is 0 Å². The topological polar surface area (TPSA) is 118 Å². The molecule has 0 radical (unpaired) electrons. The first-order valence-electron chi connectivity index (χ1n) is 7.07. The number of fused-ring (bicyclic) bond motifs is 1. The van der Waals surface area contributed by atoms with Gasteiger partial charge in [-0.05, 0) is 23.6 Å². The number of aromatic nitrogens is 1. The average Bonchev–Trinajstić information content (AvgIpc) is 3.00. The second kappa shape index (κ2) is 5.65. The molecule has 2 aromatic rings. The van der Waals surface area contributed by atoms with Gasteiger partial charge in [0.1, 0.15) is 0 Å². The number of sulfone groups is 1. The highest BCUT2D eigenvalue weighted by atomic mass is 32.2. The lowest BCUT2D eigenvalue weighted by molar-refractivity contribution is 0.239. The summed E-state index contributed by atoms with van der Waals surface area (Å²) in [5, 5.41) is 15.8. The molecule has 0 spiro atoms. The number of carbonyl (C=O) groups is 1. The van der Waals surface area contributed by atoms with Gasteiger partial charge in [-0.1, -0.05) is 18.2 Å². The number of nitrogens with zero attached hydrogens (tertiary/aromatic N) is 2. The molecular weight excluding hydrogens is 322 g/mol. The van der Waals surface area contributed by atoms with Crippen molar-refractivity contribution in [2.75, 3.05) is 18.1 Å². The summed E-state index contributed by atoms with van der Waals surface area (Å²) in [5.41, 5.74) is 0.162. The van der Waals surface area contributed by atoms with Gasteiger partial charge in [0.2, 0.25) is 5.88 Å². The SMILES string of the molecule is O=Nc1c(O)n(C(=O)NCC2CCS(=O)(=O)C2)c2ccccc12. The van der Waals surface area contributed by atoms with Gasteiger partial charge >= 0.3 is 6.03 Å². The van der Waals surface area contributed by atoms with Crippen LogP contribution in [0.15, 0.2) is 29.4 Å². The summed E-state index contributed by atoms with van der Waals surface area (Å²) in [4.78, 5) is 23.2. The fourth-order valence-corrected chi connectivity index (χ4v) is 4.71. The van der Waals surface area contributed by atoms with Crippen LogP contribution < -0.4 is 5.32 Å². The largest absolute Gasteiger partial charge is 0.492 e. The van der Waals surface area contributed by atoms with E-state index in [9.17, 15) is 23.2 Å². The number of nitroso groups, excluding NO2 is 1. The molecule has 1 fully saturated rings. The Morgan fingerprint density at radius 1 is 1.39 bits per heavy atom. The van der Waals surface area contributed by atoms with Crippen molar-refractivity contribution < 1.29 is 18.3 Å². The third kappa shape index (κ3) is 2.79. The molecule has 1 unspecified atom stereocenters. The molecule has 1 aromatic carbocycles. The van der Waals surface area contributed by atoms with E-state index >= 15 is 0 Å². The van der Waals surface area contributed by atoms with Crippen LogP contribution in [0, 0.1) is 10.8 Å². The van der Waals surface area contributed by atoms with Gasteiger partial charge < -0.3 is 10.4 Å². The second-order valence-electron chi connectivity index (χ2n) is 5.57. The van der Waals surface area contributed by atoms with Crippen LogP contribution in [-0.2, 0) is 9.84 Å². The van der Waals surface area contributed by atoms with Crippen molar-refractivity contribution in [3.05, 3.63) is 29.2 Å². The van der Waals surface area contributed by atoms with Gasteiger partial charge in [0.15, 0.2) is 15.5 Å². The zero-order valence-corrected chi connectivity index (χ0v) is 12.9. The summed E-state index contributed by atoms with van der Waals surface area (Å²) in [6, 6.07) is 5.88. The van der Waals surface area contributed by atoms with Crippen molar-refractivity contribution in [2.24, 2.45) is 11.1 Å². The van der Waals surface area contributed by atoms with Crippen molar-refractivity contribution in [3.8, 4) is 5.88 Å². The molecular formula is C14H15N3O5S. The van der Waals surface area contributed by atoms with Crippen LogP contribution >= 0.6 is 0 Å². The molecule has 1 saturated heterocycles. The molecule has 1 amide bonds. The molecule has 0 saturated carbocycles. The Hall–Kier alpha value is -2.42. The number of hydrogen-bond donors (Lipinski definition) is 2. The van der Waals surface area contributed by atoms with Gasteiger partial charge in [-0.25, -0.2) is 17.8 Å². The van der Waals surface area contributed by atoms with E-state index in [2.05, 4.69) is 10.5 Å². The first kappa shape index (κ1) is 15.5. The minimum absolute atomic E-state index is 0.0484. The molecule has 1 aliphatic heterocycles. The summed E-state index contributed by atoms with van der Waals surface area (Å²) in [6.07, 6.45) is 0.502. The van der Waals surface area contributed by atoms with Crippen LogP contribution in [0.1, 0.15) is 6.42 Å². The molecule has 3 rings (SSSR count). The Morgan fingerprint density at radius 3 is 2.78 bits per heavy atom. The zero-order chi connectivity index (χ0) is 16.6.